The molecule has 0 amide bonds. The zero-order valence-electron chi connectivity index (χ0n) is 8.89. The van der Waals surface area contributed by atoms with Gasteiger partial charge in [0.1, 0.15) is 23.1 Å². The topological polar surface area (TPSA) is 75.1 Å². The molecule has 0 saturated carbocycles. The number of para-hydroxylation sites is 1. The minimum atomic E-state index is -1.28. The molecular formula is C11H7F2N3O2. The van der Waals surface area contributed by atoms with Crippen LogP contribution in [0.4, 0.5) is 20.3 Å². The van der Waals surface area contributed by atoms with Gasteiger partial charge in [0.25, 0.3) is 0 Å². The fourth-order valence-electron chi connectivity index (χ4n) is 1.27. The number of aromatic carboxylic acids is 1. The largest absolute Gasteiger partial charge is 0.476 e. The Balaban J connectivity index is 2.34. The second kappa shape index (κ2) is 4.74. The Bertz CT molecular complexity index is 584. The Hall–Kier alpha value is -2.57. The molecule has 18 heavy (non-hydrogen) atoms. The van der Waals surface area contributed by atoms with Crippen molar-refractivity contribution in [3.63, 3.8) is 0 Å². The van der Waals surface area contributed by atoms with Crippen LogP contribution in [0.25, 0.3) is 0 Å². The van der Waals surface area contributed by atoms with Crippen molar-refractivity contribution < 1.29 is 18.7 Å². The Morgan fingerprint density at radius 2 is 1.89 bits per heavy atom. The maximum absolute atomic E-state index is 13.3. The summed E-state index contributed by atoms with van der Waals surface area (Å²) in [5.41, 5.74) is -0.730. The van der Waals surface area contributed by atoms with Crippen LogP contribution in [0.3, 0.4) is 0 Å². The van der Waals surface area contributed by atoms with Gasteiger partial charge in [-0.25, -0.2) is 18.6 Å². The van der Waals surface area contributed by atoms with E-state index in [4.69, 9.17) is 5.11 Å². The minimum absolute atomic E-state index is 0.0566. The molecule has 0 unspecified atom stereocenters. The molecule has 2 N–H and O–H groups in total. The van der Waals surface area contributed by atoms with Crippen LogP contribution in [0.1, 0.15) is 10.5 Å². The second-order valence-corrected chi connectivity index (χ2v) is 3.32. The first kappa shape index (κ1) is 11.9. The quantitative estimate of drug-likeness (QED) is 0.874. The van der Waals surface area contributed by atoms with E-state index in [-0.39, 0.29) is 11.5 Å². The summed E-state index contributed by atoms with van der Waals surface area (Å²) in [7, 11) is 0. The first-order chi connectivity index (χ1) is 8.58. The molecule has 2 aromatic rings. The van der Waals surface area contributed by atoms with Gasteiger partial charge in [0.2, 0.25) is 0 Å². The highest BCUT2D eigenvalue weighted by Gasteiger charge is 2.11. The number of hydrogen-bond donors (Lipinski definition) is 2. The van der Waals surface area contributed by atoms with Crippen molar-refractivity contribution in [1.82, 2.24) is 9.97 Å². The maximum atomic E-state index is 13.3. The van der Waals surface area contributed by atoms with Gasteiger partial charge in [0.15, 0.2) is 5.69 Å². The Kier molecular flexibility index (Phi) is 3.13. The van der Waals surface area contributed by atoms with E-state index < -0.39 is 23.3 Å². The monoisotopic (exact) mass is 251 g/mol. The number of aromatic nitrogens is 2. The summed E-state index contributed by atoms with van der Waals surface area (Å²) < 4.78 is 26.7. The smallest absolute Gasteiger partial charge is 0.356 e. The normalized spacial score (nSPS) is 10.1. The van der Waals surface area contributed by atoms with Gasteiger partial charge < -0.3 is 10.4 Å². The van der Waals surface area contributed by atoms with Crippen LogP contribution >= 0.6 is 0 Å². The highest BCUT2D eigenvalue weighted by molar-refractivity contribution is 5.85. The molecule has 0 atom stereocenters. The van der Waals surface area contributed by atoms with Crippen LogP contribution in [0, 0.1) is 11.6 Å². The average Bonchev–Trinajstić information content (AvgIpc) is 2.34. The number of anilines is 2. The highest BCUT2D eigenvalue weighted by atomic mass is 19.1. The van der Waals surface area contributed by atoms with Crippen molar-refractivity contribution in [1.29, 1.82) is 0 Å². The lowest BCUT2D eigenvalue weighted by atomic mass is 10.3. The van der Waals surface area contributed by atoms with Crippen molar-refractivity contribution in [2.24, 2.45) is 0 Å². The zero-order chi connectivity index (χ0) is 13.1. The lowest BCUT2D eigenvalue weighted by Gasteiger charge is -2.07. The Morgan fingerprint density at radius 3 is 2.50 bits per heavy atom. The molecule has 0 fully saturated rings. The van der Waals surface area contributed by atoms with E-state index in [0.717, 1.165) is 18.3 Å². The van der Waals surface area contributed by atoms with Gasteiger partial charge in [-0.05, 0) is 12.1 Å². The number of nitrogens with one attached hydrogen (secondary N) is 1. The Labute approximate surface area is 100 Å². The Morgan fingerprint density at radius 1 is 1.22 bits per heavy atom. The van der Waals surface area contributed by atoms with Crippen molar-refractivity contribution in [2.75, 3.05) is 5.32 Å². The summed E-state index contributed by atoms with van der Waals surface area (Å²) in [6.07, 6.45) is 2.20. The fourth-order valence-corrected chi connectivity index (χ4v) is 1.27. The number of nitrogens with zero attached hydrogens (tertiary/aromatic N) is 2. The summed E-state index contributed by atoms with van der Waals surface area (Å²) in [6, 6.07) is 3.36. The molecule has 0 bridgehead atoms. The second-order valence-electron chi connectivity index (χ2n) is 3.32. The van der Waals surface area contributed by atoms with Crippen LogP contribution in [-0.4, -0.2) is 21.0 Å². The number of rotatable bonds is 3. The molecular weight excluding hydrogens is 244 g/mol. The molecule has 2 rings (SSSR count). The summed E-state index contributed by atoms with van der Waals surface area (Å²) in [5, 5.41) is 11.1. The van der Waals surface area contributed by atoms with Crippen LogP contribution in [-0.2, 0) is 0 Å². The molecule has 7 heteroatoms. The molecule has 0 spiro atoms. The van der Waals surface area contributed by atoms with E-state index >= 15 is 0 Å². The third-order valence-corrected chi connectivity index (χ3v) is 2.07. The van der Waals surface area contributed by atoms with Gasteiger partial charge in [0, 0.05) is 0 Å². The molecule has 92 valence electrons. The van der Waals surface area contributed by atoms with Crippen LogP contribution in [0.5, 0.6) is 0 Å². The fraction of sp³-hybridized carbons (Fsp3) is 0. The van der Waals surface area contributed by atoms with Gasteiger partial charge in [-0.2, -0.15) is 0 Å². The van der Waals surface area contributed by atoms with Gasteiger partial charge >= 0.3 is 5.97 Å². The van der Waals surface area contributed by atoms with E-state index in [1.165, 1.54) is 12.3 Å². The maximum Gasteiger partial charge on any atom is 0.356 e. The lowest BCUT2D eigenvalue weighted by molar-refractivity contribution is 0.0690. The number of halogens is 2. The minimum Gasteiger partial charge on any atom is -0.476 e. The molecule has 0 radical (unpaired) electrons. The predicted molar refractivity (Wildman–Crippen MR) is 58.6 cm³/mol. The summed E-state index contributed by atoms with van der Waals surface area (Å²) in [6.45, 7) is 0. The van der Waals surface area contributed by atoms with E-state index in [9.17, 15) is 13.6 Å². The van der Waals surface area contributed by atoms with Crippen molar-refractivity contribution >= 4 is 17.5 Å². The first-order valence-corrected chi connectivity index (χ1v) is 4.84. The number of benzene rings is 1. The SMILES string of the molecule is O=C(O)c1cncc(Nc2c(F)cccc2F)n1. The van der Waals surface area contributed by atoms with Crippen LogP contribution in [0.15, 0.2) is 30.6 Å². The third kappa shape index (κ3) is 2.40. The predicted octanol–water partition coefficient (Wildman–Crippen LogP) is 2.20. The number of carboxylic acid groups (broad SMARTS) is 1. The van der Waals surface area contributed by atoms with E-state index in [1.54, 1.807) is 0 Å². The highest BCUT2D eigenvalue weighted by Crippen LogP contribution is 2.21. The summed E-state index contributed by atoms with van der Waals surface area (Å²) >= 11 is 0. The number of carboxylic acids is 1. The molecule has 0 aliphatic heterocycles. The van der Waals surface area contributed by atoms with Crippen molar-refractivity contribution in [3.05, 3.63) is 47.9 Å². The lowest BCUT2D eigenvalue weighted by Crippen LogP contribution is -2.05. The molecule has 0 saturated heterocycles. The zero-order valence-corrected chi connectivity index (χ0v) is 8.89. The average molecular weight is 251 g/mol. The molecule has 0 aliphatic rings. The number of carbonyl (C=O) groups is 1. The molecule has 1 heterocycles. The molecule has 0 aliphatic carbocycles. The third-order valence-electron chi connectivity index (χ3n) is 2.07. The van der Waals surface area contributed by atoms with E-state index in [2.05, 4.69) is 15.3 Å². The first-order valence-electron chi connectivity index (χ1n) is 4.84. The van der Waals surface area contributed by atoms with Gasteiger partial charge in [0.05, 0.1) is 12.4 Å². The van der Waals surface area contributed by atoms with Gasteiger partial charge in [-0.15, -0.1) is 0 Å². The van der Waals surface area contributed by atoms with Crippen molar-refractivity contribution in [3.8, 4) is 0 Å². The molecule has 1 aromatic carbocycles. The summed E-state index contributed by atoms with van der Waals surface area (Å²) in [4.78, 5) is 17.9. The summed E-state index contributed by atoms with van der Waals surface area (Å²) in [5.74, 6) is -2.95. The van der Waals surface area contributed by atoms with Crippen LogP contribution in [0.2, 0.25) is 0 Å². The van der Waals surface area contributed by atoms with Crippen molar-refractivity contribution in [2.45, 2.75) is 0 Å². The van der Waals surface area contributed by atoms with E-state index in [1.807, 2.05) is 0 Å². The number of hydrogen-bond acceptors (Lipinski definition) is 4. The standard InChI is InChI=1S/C11H7F2N3O2/c12-6-2-1-3-7(13)10(6)16-9-5-14-4-8(15-9)11(17)18/h1-5H,(H,15,16)(H,17,18). The van der Waals surface area contributed by atoms with Gasteiger partial charge in [-0.3, -0.25) is 4.98 Å². The van der Waals surface area contributed by atoms with Gasteiger partial charge in [-0.1, -0.05) is 6.07 Å². The molecule has 1 aromatic heterocycles. The van der Waals surface area contributed by atoms with Crippen LogP contribution < -0.4 is 5.32 Å². The van der Waals surface area contributed by atoms with E-state index in [0.29, 0.717) is 0 Å². The molecule has 5 nitrogen and oxygen atoms in total.